The van der Waals surface area contributed by atoms with Crippen LogP contribution in [0, 0.1) is 0 Å². The topological polar surface area (TPSA) is 108 Å². The van der Waals surface area contributed by atoms with Crippen molar-refractivity contribution in [2.75, 3.05) is 19.6 Å². The third-order valence-electron chi connectivity index (χ3n) is 6.98. The second-order valence-electron chi connectivity index (χ2n) is 10.00. The molecule has 2 aromatic rings. The number of likely N-dealkylation sites (N-methyl/N-ethyl adjacent to an activating group) is 1. The smallest absolute Gasteiger partial charge is 0.407 e. The van der Waals surface area contributed by atoms with E-state index in [0.29, 0.717) is 25.9 Å². The number of rotatable bonds is 12. The molecule has 3 amide bonds. The second kappa shape index (κ2) is 12.6. The van der Waals surface area contributed by atoms with Crippen molar-refractivity contribution in [3.63, 3.8) is 0 Å². The maximum Gasteiger partial charge on any atom is 0.407 e. The second-order valence-corrected chi connectivity index (χ2v) is 10.00. The van der Waals surface area contributed by atoms with Crippen LogP contribution in [0.4, 0.5) is 9.59 Å². The fourth-order valence-corrected chi connectivity index (χ4v) is 5.06. The Morgan fingerprint density at radius 3 is 2.11 bits per heavy atom. The van der Waals surface area contributed by atoms with Crippen molar-refractivity contribution in [3.05, 3.63) is 59.7 Å². The Kier molecular flexibility index (Phi) is 9.55. The number of hydrogen-bond donors (Lipinski definition) is 3. The van der Waals surface area contributed by atoms with Crippen LogP contribution in [0.5, 0.6) is 0 Å². The van der Waals surface area contributed by atoms with Gasteiger partial charge in [0.05, 0.1) is 0 Å². The number of amides is 3. The van der Waals surface area contributed by atoms with Crippen LogP contribution in [0.3, 0.4) is 0 Å². The Labute approximate surface area is 219 Å². The van der Waals surface area contributed by atoms with E-state index in [1.54, 1.807) is 4.90 Å². The molecule has 3 rings (SSSR count). The zero-order valence-electron chi connectivity index (χ0n) is 22.3. The van der Waals surface area contributed by atoms with Crippen molar-refractivity contribution in [2.24, 2.45) is 0 Å². The molecule has 0 fully saturated rings. The highest BCUT2D eigenvalue weighted by Gasteiger charge is 2.31. The van der Waals surface area contributed by atoms with E-state index in [9.17, 15) is 14.4 Å². The minimum Gasteiger partial charge on any atom is -0.465 e. The molecule has 0 radical (unpaired) electrons. The molecule has 0 bridgehead atoms. The molecule has 8 nitrogen and oxygen atoms in total. The van der Waals surface area contributed by atoms with Crippen molar-refractivity contribution in [2.45, 2.75) is 70.9 Å². The number of alkyl carbamates (subject to hydrolysis) is 1. The highest BCUT2D eigenvalue weighted by molar-refractivity contribution is 5.85. The molecule has 8 heteroatoms. The highest BCUT2D eigenvalue weighted by atomic mass is 16.6. The van der Waals surface area contributed by atoms with Crippen molar-refractivity contribution >= 4 is 18.1 Å². The standard InChI is InChI=1S/C29H39N3O5/c1-5-32(6-2)26(33)25(31-27(34)35)16-11-19-30-28(36)37-29(3,4)18-17-24-22-14-9-7-12-20(22)21-13-8-10-15-23(21)24/h7-10,12-15,24-25,31H,5-6,11,16-19H2,1-4H3,(H,30,36)(H,34,35)/t25-/m0/s1. The van der Waals surface area contributed by atoms with E-state index >= 15 is 0 Å². The Morgan fingerprint density at radius 1 is 1.00 bits per heavy atom. The van der Waals surface area contributed by atoms with Gasteiger partial charge in [-0.05, 0) is 75.6 Å². The summed E-state index contributed by atoms with van der Waals surface area (Å²) in [7, 11) is 0. The summed E-state index contributed by atoms with van der Waals surface area (Å²) < 4.78 is 5.73. The first-order valence-corrected chi connectivity index (χ1v) is 13.1. The molecule has 0 saturated heterocycles. The molecule has 3 N–H and O–H groups in total. The summed E-state index contributed by atoms with van der Waals surface area (Å²) in [6.07, 6.45) is 0.498. The number of nitrogens with one attached hydrogen (secondary N) is 2. The van der Waals surface area contributed by atoms with E-state index < -0.39 is 23.8 Å². The number of carbonyl (C=O) groups is 3. The number of carboxylic acid groups (broad SMARTS) is 1. The van der Waals surface area contributed by atoms with Gasteiger partial charge in [0.25, 0.3) is 0 Å². The maximum atomic E-state index is 12.6. The molecule has 0 saturated carbocycles. The molecule has 37 heavy (non-hydrogen) atoms. The average molecular weight is 510 g/mol. The summed E-state index contributed by atoms with van der Waals surface area (Å²) in [5, 5.41) is 14.1. The number of fused-ring (bicyclic) bond motifs is 3. The Morgan fingerprint density at radius 2 is 1.57 bits per heavy atom. The van der Waals surface area contributed by atoms with Gasteiger partial charge in [-0.2, -0.15) is 0 Å². The van der Waals surface area contributed by atoms with Crippen LogP contribution in [0.15, 0.2) is 48.5 Å². The van der Waals surface area contributed by atoms with Crippen molar-refractivity contribution in [1.82, 2.24) is 15.5 Å². The predicted molar refractivity (Wildman–Crippen MR) is 144 cm³/mol. The molecule has 0 aromatic heterocycles. The Bertz CT molecular complexity index is 1050. The Hall–Kier alpha value is -3.55. The fraction of sp³-hybridized carbons (Fsp3) is 0.483. The SMILES string of the molecule is CCN(CC)C(=O)[C@H](CCCNC(=O)OC(C)(C)CCC1c2ccccc2-c2ccccc21)NC(=O)O. The number of carbonyl (C=O) groups excluding carboxylic acids is 2. The summed E-state index contributed by atoms with van der Waals surface area (Å²) in [6, 6.07) is 16.1. The largest absolute Gasteiger partial charge is 0.465 e. The van der Waals surface area contributed by atoms with Crippen molar-refractivity contribution in [1.29, 1.82) is 0 Å². The number of hydrogen-bond acceptors (Lipinski definition) is 4. The van der Waals surface area contributed by atoms with Gasteiger partial charge < -0.3 is 25.4 Å². The van der Waals surface area contributed by atoms with Gasteiger partial charge in [0.15, 0.2) is 0 Å². The lowest BCUT2D eigenvalue weighted by atomic mass is 9.88. The monoisotopic (exact) mass is 509 g/mol. The molecule has 200 valence electrons. The summed E-state index contributed by atoms with van der Waals surface area (Å²) in [5.74, 6) is 0.00604. The molecule has 1 atom stereocenters. The maximum absolute atomic E-state index is 12.6. The van der Waals surface area contributed by atoms with Crippen LogP contribution in [-0.2, 0) is 9.53 Å². The molecule has 1 aliphatic rings. The average Bonchev–Trinajstić information content (AvgIpc) is 3.18. The summed E-state index contributed by atoms with van der Waals surface area (Å²) in [6.45, 7) is 8.81. The van der Waals surface area contributed by atoms with E-state index in [-0.39, 0.29) is 24.8 Å². The third-order valence-corrected chi connectivity index (χ3v) is 6.98. The molecular weight excluding hydrogens is 470 g/mol. The van der Waals surface area contributed by atoms with E-state index in [2.05, 4.69) is 59.2 Å². The minimum absolute atomic E-state index is 0.258. The van der Waals surface area contributed by atoms with Gasteiger partial charge in [0, 0.05) is 25.6 Å². The summed E-state index contributed by atoms with van der Waals surface area (Å²) in [5.41, 5.74) is 4.51. The predicted octanol–water partition coefficient (Wildman–Crippen LogP) is 5.37. The Balaban J connectivity index is 1.49. The van der Waals surface area contributed by atoms with Crippen LogP contribution in [-0.4, -0.2) is 59.4 Å². The van der Waals surface area contributed by atoms with Crippen molar-refractivity contribution in [3.8, 4) is 11.1 Å². The third kappa shape index (κ3) is 7.24. The van der Waals surface area contributed by atoms with Gasteiger partial charge in [-0.3, -0.25) is 4.79 Å². The normalized spacial score (nSPS) is 13.3. The zero-order valence-corrected chi connectivity index (χ0v) is 22.3. The quantitative estimate of drug-likeness (QED) is 0.334. The van der Waals surface area contributed by atoms with Crippen LogP contribution in [0.25, 0.3) is 11.1 Å². The van der Waals surface area contributed by atoms with Gasteiger partial charge >= 0.3 is 12.2 Å². The molecular formula is C29H39N3O5. The number of ether oxygens (including phenoxy) is 1. The zero-order chi connectivity index (χ0) is 27.0. The first-order valence-electron chi connectivity index (χ1n) is 13.1. The molecule has 0 spiro atoms. The van der Waals surface area contributed by atoms with Crippen molar-refractivity contribution < 1.29 is 24.2 Å². The van der Waals surface area contributed by atoms with E-state index in [0.717, 1.165) is 6.42 Å². The molecule has 0 heterocycles. The molecule has 0 unspecified atom stereocenters. The number of benzene rings is 2. The van der Waals surface area contributed by atoms with Crippen LogP contribution < -0.4 is 10.6 Å². The van der Waals surface area contributed by atoms with Gasteiger partial charge in [0.2, 0.25) is 5.91 Å². The van der Waals surface area contributed by atoms with Crippen LogP contribution in [0.2, 0.25) is 0 Å². The minimum atomic E-state index is -1.24. The fourth-order valence-electron chi connectivity index (χ4n) is 5.06. The summed E-state index contributed by atoms with van der Waals surface area (Å²) >= 11 is 0. The first kappa shape index (κ1) is 28.0. The van der Waals surface area contributed by atoms with E-state index in [1.807, 2.05) is 27.7 Å². The molecule has 2 aromatic carbocycles. The number of nitrogens with zero attached hydrogens (tertiary/aromatic N) is 1. The lowest BCUT2D eigenvalue weighted by Gasteiger charge is -2.27. The van der Waals surface area contributed by atoms with Gasteiger partial charge in [-0.15, -0.1) is 0 Å². The van der Waals surface area contributed by atoms with Gasteiger partial charge in [0.1, 0.15) is 11.6 Å². The first-order chi connectivity index (χ1) is 17.7. The summed E-state index contributed by atoms with van der Waals surface area (Å²) in [4.78, 5) is 37.8. The van der Waals surface area contributed by atoms with E-state index in [1.165, 1.54) is 22.3 Å². The van der Waals surface area contributed by atoms with Crippen LogP contribution >= 0.6 is 0 Å². The molecule has 0 aliphatic heterocycles. The highest BCUT2D eigenvalue weighted by Crippen LogP contribution is 2.47. The van der Waals surface area contributed by atoms with E-state index in [4.69, 9.17) is 9.84 Å². The molecule has 1 aliphatic carbocycles. The van der Waals surface area contributed by atoms with Gasteiger partial charge in [-0.25, -0.2) is 9.59 Å². The van der Waals surface area contributed by atoms with Crippen LogP contribution in [0.1, 0.15) is 70.4 Å². The van der Waals surface area contributed by atoms with Gasteiger partial charge in [-0.1, -0.05) is 48.5 Å². The lowest BCUT2D eigenvalue weighted by Crippen LogP contribution is -2.48. The lowest BCUT2D eigenvalue weighted by molar-refractivity contribution is -0.133.